The van der Waals surface area contributed by atoms with E-state index in [9.17, 15) is 9.59 Å². The number of carbonyl (C=O) groups excluding carboxylic acids is 2. The number of hydrogen-bond donors (Lipinski definition) is 1. The third-order valence-electron chi connectivity index (χ3n) is 4.29. The van der Waals surface area contributed by atoms with Crippen molar-refractivity contribution in [2.75, 3.05) is 19.0 Å². The number of anilines is 1. The number of methoxy groups -OCH3 is 1. The number of nitrogens with zero attached hydrogens (tertiary/aromatic N) is 1. The number of carbonyl (C=O) groups is 2. The summed E-state index contributed by atoms with van der Waals surface area (Å²) in [5, 5.41) is 2.78. The molecule has 162 valence electrons. The van der Waals surface area contributed by atoms with E-state index in [1.54, 1.807) is 29.2 Å². The number of hydrogen-bond acceptors (Lipinski definition) is 6. The van der Waals surface area contributed by atoms with E-state index in [0.717, 1.165) is 9.13 Å². The lowest BCUT2D eigenvalue weighted by Gasteiger charge is -2.18. The first-order valence-corrected chi connectivity index (χ1v) is 11.7. The Hall–Kier alpha value is -2.11. The van der Waals surface area contributed by atoms with Crippen LogP contribution < -0.4 is 14.8 Å². The quantitative estimate of drug-likeness (QED) is 0.291. The van der Waals surface area contributed by atoms with E-state index in [4.69, 9.17) is 21.7 Å². The van der Waals surface area contributed by atoms with Crippen molar-refractivity contribution in [2.45, 2.75) is 19.9 Å². The summed E-state index contributed by atoms with van der Waals surface area (Å²) in [4.78, 5) is 27.0. The molecule has 1 aliphatic rings. The van der Waals surface area contributed by atoms with Gasteiger partial charge < -0.3 is 14.8 Å². The summed E-state index contributed by atoms with van der Waals surface area (Å²) in [5.41, 5.74) is 1.48. The number of halogens is 1. The monoisotopic (exact) mass is 568 g/mol. The molecule has 2 aromatic carbocycles. The SMILES string of the molecule is COc1cc(/C=C2\SC(=S)N(C(C)C)C2=O)cc(I)c1OCC(=O)Nc1ccccc1. The number of amides is 2. The Morgan fingerprint density at radius 1 is 1.29 bits per heavy atom. The third kappa shape index (κ3) is 5.78. The predicted molar refractivity (Wildman–Crippen MR) is 136 cm³/mol. The van der Waals surface area contributed by atoms with Crippen LogP contribution in [0.5, 0.6) is 11.5 Å². The molecule has 0 aromatic heterocycles. The normalized spacial score (nSPS) is 15.0. The number of rotatable bonds is 7. The molecule has 0 aliphatic carbocycles. The topological polar surface area (TPSA) is 67.9 Å². The van der Waals surface area contributed by atoms with Gasteiger partial charge in [0.2, 0.25) is 0 Å². The lowest BCUT2D eigenvalue weighted by Crippen LogP contribution is -2.34. The molecule has 31 heavy (non-hydrogen) atoms. The maximum atomic E-state index is 12.6. The van der Waals surface area contributed by atoms with Crippen LogP contribution in [0.25, 0.3) is 6.08 Å². The molecule has 1 N–H and O–H groups in total. The molecule has 1 saturated heterocycles. The highest BCUT2D eigenvalue weighted by molar-refractivity contribution is 14.1. The Morgan fingerprint density at radius 2 is 2.00 bits per heavy atom. The van der Waals surface area contributed by atoms with Gasteiger partial charge in [-0.3, -0.25) is 14.5 Å². The van der Waals surface area contributed by atoms with E-state index < -0.39 is 0 Å². The van der Waals surface area contributed by atoms with Gasteiger partial charge in [-0.05, 0) is 72.3 Å². The van der Waals surface area contributed by atoms with Crippen molar-refractivity contribution in [3.05, 3.63) is 56.5 Å². The van der Waals surface area contributed by atoms with Crippen LogP contribution in [0.1, 0.15) is 19.4 Å². The fourth-order valence-corrected chi connectivity index (χ4v) is 5.20. The summed E-state index contributed by atoms with van der Waals surface area (Å²) in [7, 11) is 1.53. The van der Waals surface area contributed by atoms with Crippen molar-refractivity contribution in [3.63, 3.8) is 0 Å². The Kier molecular flexibility index (Phi) is 7.95. The Balaban J connectivity index is 1.75. The molecule has 2 amide bonds. The molecular weight excluding hydrogens is 547 g/mol. The van der Waals surface area contributed by atoms with Crippen LogP contribution in [0.2, 0.25) is 0 Å². The van der Waals surface area contributed by atoms with Crippen LogP contribution in [0.15, 0.2) is 47.4 Å². The second-order valence-corrected chi connectivity index (χ2v) is 9.72. The van der Waals surface area contributed by atoms with Crippen LogP contribution in [-0.4, -0.2) is 40.8 Å². The van der Waals surface area contributed by atoms with Crippen molar-refractivity contribution >= 4 is 74.5 Å². The van der Waals surface area contributed by atoms with Gasteiger partial charge in [0.25, 0.3) is 11.8 Å². The molecule has 0 saturated carbocycles. The molecule has 9 heteroatoms. The molecule has 1 fully saturated rings. The van der Waals surface area contributed by atoms with Crippen molar-refractivity contribution in [1.29, 1.82) is 0 Å². The summed E-state index contributed by atoms with van der Waals surface area (Å²) in [6.45, 7) is 3.70. The van der Waals surface area contributed by atoms with Crippen molar-refractivity contribution in [1.82, 2.24) is 4.90 Å². The van der Waals surface area contributed by atoms with Crippen molar-refractivity contribution in [3.8, 4) is 11.5 Å². The zero-order valence-corrected chi connectivity index (χ0v) is 21.0. The van der Waals surface area contributed by atoms with E-state index in [1.807, 2.05) is 38.1 Å². The average molecular weight is 568 g/mol. The van der Waals surface area contributed by atoms with E-state index in [2.05, 4.69) is 27.9 Å². The van der Waals surface area contributed by atoms with Crippen LogP contribution in [-0.2, 0) is 9.59 Å². The summed E-state index contributed by atoms with van der Waals surface area (Å²) in [6, 6.07) is 12.8. The van der Waals surface area contributed by atoms with Gasteiger partial charge in [0.15, 0.2) is 18.1 Å². The van der Waals surface area contributed by atoms with Crippen molar-refractivity contribution < 1.29 is 19.1 Å². The number of nitrogens with one attached hydrogen (secondary N) is 1. The molecule has 6 nitrogen and oxygen atoms in total. The van der Waals surface area contributed by atoms with Gasteiger partial charge in [-0.1, -0.05) is 42.2 Å². The largest absolute Gasteiger partial charge is 0.493 e. The second-order valence-electron chi connectivity index (χ2n) is 6.88. The minimum atomic E-state index is -0.273. The predicted octanol–water partition coefficient (Wildman–Crippen LogP) is 4.93. The third-order valence-corrected chi connectivity index (χ3v) is 6.43. The number of benzene rings is 2. The maximum Gasteiger partial charge on any atom is 0.266 e. The van der Waals surface area contributed by atoms with Crippen molar-refractivity contribution in [2.24, 2.45) is 0 Å². The smallest absolute Gasteiger partial charge is 0.266 e. The highest BCUT2D eigenvalue weighted by Crippen LogP contribution is 2.37. The number of para-hydroxylation sites is 1. The maximum absolute atomic E-state index is 12.6. The van der Waals surface area contributed by atoms with Gasteiger partial charge in [0, 0.05) is 11.7 Å². The van der Waals surface area contributed by atoms with Gasteiger partial charge in [-0.2, -0.15) is 0 Å². The Bertz CT molecular complexity index is 1040. The first-order chi connectivity index (χ1) is 14.8. The van der Waals surface area contributed by atoms with Gasteiger partial charge in [-0.15, -0.1) is 0 Å². The Morgan fingerprint density at radius 3 is 2.61 bits per heavy atom. The highest BCUT2D eigenvalue weighted by Gasteiger charge is 2.33. The molecule has 2 aromatic rings. The minimum absolute atomic E-state index is 0.00545. The molecule has 0 atom stereocenters. The summed E-state index contributed by atoms with van der Waals surface area (Å²) < 4.78 is 12.5. The van der Waals surface area contributed by atoms with E-state index >= 15 is 0 Å². The molecule has 0 spiro atoms. The lowest BCUT2D eigenvalue weighted by atomic mass is 10.1. The van der Waals surface area contributed by atoms with E-state index in [1.165, 1.54) is 18.9 Å². The minimum Gasteiger partial charge on any atom is -0.493 e. The first kappa shape index (κ1) is 23.6. The number of thiocarbonyl (C=S) groups is 1. The van der Waals surface area contributed by atoms with Gasteiger partial charge in [0.1, 0.15) is 4.32 Å². The van der Waals surface area contributed by atoms with Gasteiger partial charge in [-0.25, -0.2) is 0 Å². The summed E-state index contributed by atoms with van der Waals surface area (Å²) in [6.07, 6.45) is 1.79. The average Bonchev–Trinajstić information content (AvgIpc) is 3.00. The second kappa shape index (κ2) is 10.5. The van der Waals surface area contributed by atoms with E-state index in [-0.39, 0.29) is 24.5 Å². The lowest BCUT2D eigenvalue weighted by molar-refractivity contribution is -0.123. The molecule has 0 bridgehead atoms. The zero-order valence-electron chi connectivity index (χ0n) is 17.2. The number of thioether (sulfide) groups is 1. The molecule has 1 aliphatic heterocycles. The fourth-order valence-electron chi connectivity index (χ4n) is 2.90. The van der Waals surface area contributed by atoms with Gasteiger partial charge >= 0.3 is 0 Å². The summed E-state index contributed by atoms with van der Waals surface area (Å²) in [5.74, 6) is 0.575. The molecule has 0 unspecified atom stereocenters. The molecule has 3 rings (SSSR count). The number of ether oxygens (including phenoxy) is 2. The molecular formula is C22H21IN2O4S2. The van der Waals surface area contributed by atoms with Gasteiger partial charge in [0.05, 0.1) is 15.6 Å². The summed E-state index contributed by atoms with van der Waals surface area (Å²) >= 11 is 8.74. The standard InChI is InChI=1S/C22H21IN2O4S2/c1-13(2)25-21(27)18(31-22(25)30)11-14-9-16(23)20(17(10-14)28-3)29-12-19(26)24-15-7-5-4-6-8-15/h4-11,13H,12H2,1-3H3,(H,24,26)/b18-11-. The first-order valence-electron chi connectivity index (χ1n) is 9.42. The zero-order chi connectivity index (χ0) is 22.5. The fraction of sp³-hybridized carbons (Fsp3) is 0.227. The van der Waals surface area contributed by atoms with Crippen LogP contribution >= 0.6 is 46.6 Å². The van der Waals surface area contributed by atoms with Crippen LogP contribution in [0.4, 0.5) is 5.69 Å². The van der Waals surface area contributed by atoms with Crippen LogP contribution in [0.3, 0.4) is 0 Å². The van der Waals surface area contributed by atoms with E-state index in [0.29, 0.717) is 26.4 Å². The molecule has 0 radical (unpaired) electrons. The highest BCUT2D eigenvalue weighted by atomic mass is 127. The Labute approximate surface area is 204 Å². The molecule has 1 heterocycles. The van der Waals surface area contributed by atoms with Crippen LogP contribution in [0, 0.1) is 3.57 Å².